The summed E-state index contributed by atoms with van der Waals surface area (Å²) in [6.07, 6.45) is 9.37. The van der Waals surface area contributed by atoms with Gasteiger partial charge in [-0.25, -0.2) is 0 Å². The second-order valence-electron chi connectivity index (χ2n) is 6.42. The van der Waals surface area contributed by atoms with Gasteiger partial charge >= 0.3 is 0 Å². The minimum Gasteiger partial charge on any atom is -0.371 e. The highest BCUT2D eigenvalue weighted by Crippen LogP contribution is 2.28. The van der Waals surface area contributed by atoms with Crippen LogP contribution in [0.25, 0.3) is 0 Å². The van der Waals surface area contributed by atoms with E-state index in [1.807, 2.05) is 0 Å². The largest absolute Gasteiger partial charge is 0.371 e. The number of aryl methyl sites for hydroxylation is 1. The summed E-state index contributed by atoms with van der Waals surface area (Å²) in [7, 11) is 0. The van der Waals surface area contributed by atoms with Gasteiger partial charge in [0.25, 0.3) is 0 Å². The first kappa shape index (κ1) is 13.9. The lowest BCUT2D eigenvalue weighted by Gasteiger charge is -2.31. The lowest BCUT2D eigenvalue weighted by Crippen LogP contribution is -2.30. The fourth-order valence-corrected chi connectivity index (χ4v) is 3.73. The third-order valence-corrected chi connectivity index (χ3v) is 4.80. The lowest BCUT2D eigenvalue weighted by atomic mass is 9.99. The number of fused-ring (bicyclic) bond motifs is 1. The molecule has 2 nitrogen and oxygen atoms in total. The van der Waals surface area contributed by atoms with E-state index in [1.54, 1.807) is 5.56 Å². The van der Waals surface area contributed by atoms with Crippen LogP contribution in [0.3, 0.4) is 0 Å². The number of benzene rings is 1. The Morgan fingerprint density at radius 1 is 1.20 bits per heavy atom. The maximum atomic E-state index is 3.73. The molecule has 0 aromatic heterocycles. The van der Waals surface area contributed by atoms with E-state index < -0.39 is 0 Å². The molecule has 1 heterocycles. The van der Waals surface area contributed by atoms with Crippen LogP contribution in [-0.2, 0) is 13.0 Å². The quantitative estimate of drug-likeness (QED) is 0.875. The summed E-state index contributed by atoms with van der Waals surface area (Å²) in [5.41, 5.74) is 4.52. The van der Waals surface area contributed by atoms with Crippen molar-refractivity contribution in [2.45, 2.75) is 64.5 Å². The molecular formula is C18H28N2. The van der Waals surface area contributed by atoms with E-state index in [0.29, 0.717) is 0 Å². The minimum absolute atomic E-state index is 0.766. The molecule has 1 aromatic carbocycles. The molecule has 0 radical (unpaired) electrons. The Hall–Kier alpha value is -1.02. The van der Waals surface area contributed by atoms with Crippen molar-refractivity contribution in [2.24, 2.45) is 0 Å². The molecule has 0 atom stereocenters. The minimum atomic E-state index is 0.766. The van der Waals surface area contributed by atoms with Crippen molar-refractivity contribution in [3.63, 3.8) is 0 Å². The van der Waals surface area contributed by atoms with Gasteiger partial charge in [-0.3, -0.25) is 0 Å². The molecular weight excluding hydrogens is 244 g/mol. The Bertz CT molecular complexity index is 435. The number of anilines is 1. The van der Waals surface area contributed by atoms with E-state index >= 15 is 0 Å². The summed E-state index contributed by atoms with van der Waals surface area (Å²) in [5, 5.41) is 3.73. The monoisotopic (exact) mass is 272 g/mol. The van der Waals surface area contributed by atoms with Crippen LogP contribution in [0.1, 0.15) is 56.6 Å². The normalized spacial score (nSPS) is 19.4. The van der Waals surface area contributed by atoms with Crippen LogP contribution in [0.2, 0.25) is 0 Å². The summed E-state index contributed by atoms with van der Waals surface area (Å²) < 4.78 is 0. The Morgan fingerprint density at radius 2 is 2.05 bits per heavy atom. The summed E-state index contributed by atoms with van der Waals surface area (Å²) in [6.45, 7) is 5.76. The first-order chi connectivity index (χ1) is 9.86. The van der Waals surface area contributed by atoms with E-state index in [-0.39, 0.29) is 0 Å². The lowest BCUT2D eigenvalue weighted by molar-refractivity contribution is 0.524. The zero-order valence-electron chi connectivity index (χ0n) is 12.8. The zero-order valence-corrected chi connectivity index (χ0v) is 12.8. The standard InChI is InChI=1S/C18H28N2/c1-2-11-20-12-5-6-16-13-15(9-10-18(16)20)14-19-17-7-3-4-8-17/h9-10,13,17,19H,2-8,11-12,14H2,1H3. The van der Waals surface area contributed by atoms with Gasteiger partial charge < -0.3 is 10.2 Å². The maximum Gasteiger partial charge on any atom is 0.0398 e. The Kier molecular flexibility index (Phi) is 4.62. The average Bonchev–Trinajstić information content (AvgIpc) is 2.99. The van der Waals surface area contributed by atoms with Crippen LogP contribution in [0, 0.1) is 0 Å². The number of nitrogens with one attached hydrogen (secondary N) is 1. The predicted octanol–water partition coefficient (Wildman–Crippen LogP) is 3.88. The van der Waals surface area contributed by atoms with Crippen molar-refractivity contribution in [2.75, 3.05) is 18.0 Å². The Balaban J connectivity index is 1.65. The van der Waals surface area contributed by atoms with Crippen molar-refractivity contribution >= 4 is 5.69 Å². The Labute approximate surface area is 123 Å². The van der Waals surface area contributed by atoms with Crippen molar-refractivity contribution in [3.8, 4) is 0 Å². The SMILES string of the molecule is CCCN1CCCc2cc(CNC3CCCC3)ccc21. The maximum absolute atomic E-state index is 3.73. The highest BCUT2D eigenvalue weighted by atomic mass is 15.1. The molecule has 0 amide bonds. The van der Waals surface area contributed by atoms with Gasteiger partial charge in [0.1, 0.15) is 0 Å². The molecule has 0 bridgehead atoms. The molecule has 1 aliphatic carbocycles. The molecule has 1 N–H and O–H groups in total. The van der Waals surface area contributed by atoms with Crippen LogP contribution in [0.4, 0.5) is 5.69 Å². The van der Waals surface area contributed by atoms with E-state index in [9.17, 15) is 0 Å². The van der Waals surface area contributed by atoms with Crippen LogP contribution < -0.4 is 10.2 Å². The number of hydrogen-bond donors (Lipinski definition) is 1. The molecule has 0 unspecified atom stereocenters. The fourth-order valence-electron chi connectivity index (χ4n) is 3.73. The van der Waals surface area contributed by atoms with Crippen LogP contribution in [0.15, 0.2) is 18.2 Å². The van der Waals surface area contributed by atoms with Crippen LogP contribution in [0.5, 0.6) is 0 Å². The van der Waals surface area contributed by atoms with E-state index in [1.165, 1.54) is 69.3 Å². The molecule has 1 saturated carbocycles. The number of nitrogens with zero attached hydrogens (tertiary/aromatic N) is 1. The smallest absolute Gasteiger partial charge is 0.0398 e. The second-order valence-corrected chi connectivity index (χ2v) is 6.42. The highest BCUT2D eigenvalue weighted by Gasteiger charge is 2.17. The third-order valence-electron chi connectivity index (χ3n) is 4.80. The molecule has 2 heteroatoms. The molecule has 110 valence electrons. The molecule has 1 aliphatic heterocycles. The summed E-state index contributed by atoms with van der Waals surface area (Å²) >= 11 is 0. The fraction of sp³-hybridized carbons (Fsp3) is 0.667. The van der Waals surface area contributed by atoms with Crippen LogP contribution in [-0.4, -0.2) is 19.1 Å². The van der Waals surface area contributed by atoms with Gasteiger partial charge in [-0.05, 0) is 49.3 Å². The number of hydrogen-bond acceptors (Lipinski definition) is 2. The highest BCUT2D eigenvalue weighted by molar-refractivity contribution is 5.56. The first-order valence-electron chi connectivity index (χ1n) is 8.47. The molecule has 1 aromatic rings. The molecule has 20 heavy (non-hydrogen) atoms. The topological polar surface area (TPSA) is 15.3 Å². The molecule has 1 fully saturated rings. The zero-order chi connectivity index (χ0) is 13.8. The van der Waals surface area contributed by atoms with Gasteiger partial charge in [-0.1, -0.05) is 31.9 Å². The van der Waals surface area contributed by atoms with E-state index in [4.69, 9.17) is 0 Å². The van der Waals surface area contributed by atoms with Crippen molar-refractivity contribution in [1.29, 1.82) is 0 Å². The van der Waals surface area contributed by atoms with Gasteiger partial charge in [0, 0.05) is 31.4 Å². The number of rotatable bonds is 5. The summed E-state index contributed by atoms with van der Waals surface area (Å²) in [5.74, 6) is 0. The third kappa shape index (κ3) is 3.17. The molecule has 0 spiro atoms. The van der Waals surface area contributed by atoms with Gasteiger partial charge in [0.05, 0.1) is 0 Å². The predicted molar refractivity (Wildman–Crippen MR) is 86.4 cm³/mol. The van der Waals surface area contributed by atoms with Crippen LogP contribution >= 0.6 is 0 Å². The van der Waals surface area contributed by atoms with Crippen molar-refractivity contribution < 1.29 is 0 Å². The molecule has 0 saturated heterocycles. The van der Waals surface area contributed by atoms with Gasteiger partial charge in [0.15, 0.2) is 0 Å². The van der Waals surface area contributed by atoms with Crippen molar-refractivity contribution in [1.82, 2.24) is 5.32 Å². The van der Waals surface area contributed by atoms with Gasteiger partial charge in [-0.2, -0.15) is 0 Å². The first-order valence-corrected chi connectivity index (χ1v) is 8.47. The Morgan fingerprint density at radius 3 is 2.85 bits per heavy atom. The van der Waals surface area contributed by atoms with E-state index in [0.717, 1.165) is 12.6 Å². The average molecular weight is 272 g/mol. The molecule has 2 aliphatic rings. The second kappa shape index (κ2) is 6.62. The van der Waals surface area contributed by atoms with Crippen molar-refractivity contribution in [3.05, 3.63) is 29.3 Å². The van der Waals surface area contributed by atoms with Gasteiger partial charge in [-0.15, -0.1) is 0 Å². The molecule has 3 rings (SSSR count). The van der Waals surface area contributed by atoms with E-state index in [2.05, 4.69) is 35.3 Å². The summed E-state index contributed by atoms with van der Waals surface area (Å²) in [6, 6.07) is 7.89. The summed E-state index contributed by atoms with van der Waals surface area (Å²) in [4.78, 5) is 2.56. The van der Waals surface area contributed by atoms with Gasteiger partial charge in [0.2, 0.25) is 0 Å².